The highest BCUT2D eigenvalue weighted by molar-refractivity contribution is 5.79. The lowest BCUT2D eigenvalue weighted by atomic mass is 9.78. The normalized spacial score (nSPS) is 21.1. The number of ether oxygens (including phenoxy) is 1. The number of para-hydroxylation sites is 1. The van der Waals surface area contributed by atoms with Crippen LogP contribution in [0.15, 0.2) is 54.6 Å². The zero-order valence-corrected chi connectivity index (χ0v) is 21.6. The van der Waals surface area contributed by atoms with Gasteiger partial charge in [0.15, 0.2) is 5.78 Å². The average Bonchev–Trinajstić information content (AvgIpc) is 2.92. The van der Waals surface area contributed by atoms with E-state index in [0.29, 0.717) is 12.1 Å². The molecule has 7 heteroatoms. The molecule has 0 unspecified atom stereocenters. The van der Waals surface area contributed by atoms with Crippen molar-refractivity contribution in [2.45, 2.75) is 57.5 Å². The highest BCUT2D eigenvalue weighted by Crippen LogP contribution is 2.34. The number of rotatable bonds is 11. The second-order valence-corrected chi connectivity index (χ2v) is 10.6. The Morgan fingerprint density at radius 1 is 0.865 bits per heavy atom. The molecule has 4 rings (SSSR count). The molecule has 2 fully saturated rings. The molecule has 0 bridgehead atoms. The van der Waals surface area contributed by atoms with E-state index in [-0.39, 0.29) is 12.4 Å². The number of carbonyl (C=O) groups excluding carboxylic acids is 1. The number of nitrogens with zero attached hydrogens (tertiary/aromatic N) is 2. The minimum atomic E-state index is -4.30. The maximum atomic E-state index is 13.0. The molecule has 1 saturated carbocycles. The summed E-state index contributed by atoms with van der Waals surface area (Å²) in [4.78, 5) is 16.6. The number of benzene rings is 2. The molecule has 0 amide bonds. The number of piperazine rings is 1. The zero-order valence-electron chi connectivity index (χ0n) is 21.6. The Morgan fingerprint density at radius 3 is 2.22 bits per heavy atom. The Hall–Kier alpha value is -2.54. The summed E-state index contributed by atoms with van der Waals surface area (Å²) in [5, 5.41) is 0. The highest BCUT2D eigenvalue weighted by Gasteiger charge is 2.31. The van der Waals surface area contributed by atoms with Gasteiger partial charge in [-0.05, 0) is 61.6 Å². The molecular weight excluding hydrogens is 477 g/mol. The number of carbonyl (C=O) groups is 1. The van der Waals surface area contributed by atoms with E-state index in [1.165, 1.54) is 44.2 Å². The molecule has 0 radical (unpaired) electrons. The van der Waals surface area contributed by atoms with Crippen molar-refractivity contribution in [3.05, 3.63) is 60.2 Å². The number of anilines is 1. The van der Waals surface area contributed by atoms with Gasteiger partial charge in [-0.2, -0.15) is 13.2 Å². The minimum absolute atomic E-state index is 0.158. The van der Waals surface area contributed by atoms with Crippen LogP contribution in [0.3, 0.4) is 0 Å². The number of ketones is 1. The zero-order chi connectivity index (χ0) is 26.1. The predicted molar refractivity (Wildman–Crippen MR) is 141 cm³/mol. The molecule has 1 aliphatic heterocycles. The third kappa shape index (κ3) is 8.77. The molecule has 1 aliphatic carbocycles. The molecule has 0 N–H and O–H groups in total. The first-order valence-corrected chi connectivity index (χ1v) is 13.7. The summed E-state index contributed by atoms with van der Waals surface area (Å²) < 4.78 is 44.6. The maximum absolute atomic E-state index is 13.0. The summed E-state index contributed by atoms with van der Waals surface area (Å²) in [5.74, 6) is 2.41. The Morgan fingerprint density at radius 2 is 1.54 bits per heavy atom. The third-order valence-electron chi connectivity index (χ3n) is 7.94. The quantitative estimate of drug-likeness (QED) is 0.327. The van der Waals surface area contributed by atoms with Crippen LogP contribution in [0.1, 0.15) is 56.9 Å². The lowest BCUT2D eigenvalue weighted by Crippen LogP contribution is -2.47. The van der Waals surface area contributed by atoms with E-state index in [4.69, 9.17) is 4.74 Å². The van der Waals surface area contributed by atoms with Crippen LogP contribution in [-0.2, 0) is 11.0 Å². The van der Waals surface area contributed by atoms with Crippen molar-refractivity contribution >= 4 is 11.5 Å². The van der Waals surface area contributed by atoms with E-state index in [1.807, 2.05) is 30.3 Å². The smallest absolute Gasteiger partial charge is 0.416 e. The fourth-order valence-corrected chi connectivity index (χ4v) is 5.62. The summed E-state index contributed by atoms with van der Waals surface area (Å²) in [6.45, 7) is 4.56. The van der Waals surface area contributed by atoms with Crippen molar-refractivity contribution in [1.82, 2.24) is 4.90 Å². The largest absolute Gasteiger partial charge is 0.486 e. The summed E-state index contributed by atoms with van der Waals surface area (Å²) in [7, 11) is 0. The van der Waals surface area contributed by atoms with Crippen LogP contribution in [-0.4, -0.2) is 50.0 Å². The Bertz CT molecular complexity index is 966. The minimum Gasteiger partial charge on any atom is -0.486 e. The van der Waals surface area contributed by atoms with E-state index >= 15 is 0 Å². The van der Waals surface area contributed by atoms with Crippen molar-refractivity contribution in [3.63, 3.8) is 0 Å². The van der Waals surface area contributed by atoms with Gasteiger partial charge >= 0.3 is 6.18 Å². The number of alkyl halides is 3. The molecule has 4 nitrogen and oxygen atoms in total. The fraction of sp³-hybridized carbons (Fsp3) is 0.567. The first-order chi connectivity index (χ1) is 17.9. The van der Waals surface area contributed by atoms with Gasteiger partial charge in [-0.15, -0.1) is 0 Å². The number of hydrogen-bond acceptors (Lipinski definition) is 4. The molecule has 37 heavy (non-hydrogen) atoms. The monoisotopic (exact) mass is 516 g/mol. The summed E-state index contributed by atoms with van der Waals surface area (Å²) in [5.41, 5.74) is 0.0879. The average molecular weight is 517 g/mol. The second-order valence-electron chi connectivity index (χ2n) is 10.6. The van der Waals surface area contributed by atoms with Crippen molar-refractivity contribution in [2.75, 3.05) is 44.2 Å². The highest BCUT2D eigenvalue weighted by atomic mass is 19.4. The third-order valence-corrected chi connectivity index (χ3v) is 7.94. The lowest BCUT2D eigenvalue weighted by Gasteiger charge is -2.37. The van der Waals surface area contributed by atoms with E-state index in [9.17, 15) is 18.0 Å². The summed E-state index contributed by atoms with van der Waals surface area (Å²) in [6.07, 6.45) is 4.60. The van der Waals surface area contributed by atoms with E-state index in [2.05, 4.69) is 9.80 Å². The number of Topliss-reactive ketones (excluding diaryl/α,β-unsaturated/α-hetero) is 1. The van der Waals surface area contributed by atoms with Gasteiger partial charge in [-0.3, -0.25) is 9.69 Å². The fourth-order valence-electron chi connectivity index (χ4n) is 5.62. The van der Waals surface area contributed by atoms with Gasteiger partial charge in [0.05, 0.1) is 5.56 Å². The van der Waals surface area contributed by atoms with Crippen LogP contribution in [0.4, 0.5) is 18.9 Å². The Labute approximate surface area is 218 Å². The van der Waals surface area contributed by atoms with Crippen molar-refractivity contribution < 1.29 is 22.7 Å². The SMILES string of the molecule is O=C(CCCC1CCC(CCN2CCN(c3cccc(C(F)(F)F)c3)CC2)CC1)COc1ccccc1. The molecule has 0 spiro atoms. The standard InChI is InChI=1S/C30H39F3N2O2/c31-30(32,33)26-7-5-8-27(22-26)35-20-18-34(19-21-35)17-16-25-14-12-24(13-15-25)6-4-9-28(36)23-37-29-10-2-1-3-11-29/h1-3,5,7-8,10-11,22,24-25H,4,6,9,12-21,23H2. The van der Waals surface area contributed by atoms with Crippen molar-refractivity contribution in [3.8, 4) is 5.75 Å². The van der Waals surface area contributed by atoms with Gasteiger partial charge in [0.2, 0.25) is 0 Å². The van der Waals surface area contributed by atoms with Gasteiger partial charge < -0.3 is 9.64 Å². The van der Waals surface area contributed by atoms with Gasteiger partial charge in [0.25, 0.3) is 0 Å². The lowest BCUT2D eigenvalue weighted by molar-refractivity contribution is -0.137. The van der Waals surface area contributed by atoms with Crippen LogP contribution >= 0.6 is 0 Å². The van der Waals surface area contributed by atoms with E-state index < -0.39 is 11.7 Å². The second kappa shape index (κ2) is 13.3. The van der Waals surface area contributed by atoms with E-state index in [0.717, 1.165) is 69.2 Å². The molecule has 0 aromatic heterocycles. The summed E-state index contributed by atoms with van der Waals surface area (Å²) >= 11 is 0. The molecule has 1 saturated heterocycles. The van der Waals surface area contributed by atoms with Gasteiger partial charge in [-0.25, -0.2) is 0 Å². The van der Waals surface area contributed by atoms with Crippen LogP contribution < -0.4 is 9.64 Å². The number of halogens is 3. The summed E-state index contributed by atoms with van der Waals surface area (Å²) in [6, 6.07) is 15.1. The van der Waals surface area contributed by atoms with Crippen LogP contribution in [0, 0.1) is 11.8 Å². The maximum Gasteiger partial charge on any atom is 0.416 e. The molecular formula is C30H39F3N2O2. The van der Waals surface area contributed by atoms with Crippen molar-refractivity contribution in [2.24, 2.45) is 11.8 Å². The molecule has 2 aromatic rings. The molecule has 2 aliphatic rings. The van der Waals surface area contributed by atoms with Gasteiger partial charge in [0, 0.05) is 38.3 Å². The van der Waals surface area contributed by atoms with Gasteiger partial charge in [0.1, 0.15) is 12.4 Å². The Kier molecular flexibility index (Phi) is 9.89. The first kappa shape index (κ1) is 27.5. The van der Waals surface area contributed by atoms with Crippen LogP contribution in [0.2, 0.25) is 0 Å². The van der Waals surface area contributed by atoms with Gasteiger partial charge in [-0.1, -0.05) is 56.4 Å². The van der Waals surface area contributed by atoms with Crippen LogP contribution in [0.25, 0.3) is 0 Å². The molecule has 1 heterocycles. The molecule has 202 valence electrons. The van der Waals surface area contributed by atoms with Crippen LogP contribution in [0.5, 0.6) is 5.75 Å². The predicted octanol–water partition coefficient (Wildman–Crippen LogP) is 6.84. The first-order valence-electron chi connectivity index (χ1n) is 13.7. The van der Waals surface area contributed by atoms with Crippen molar-refractivity contribution in [1.29, 1.82) is 0 Å². The topological polar surface area (TPSA) is 32.8 Å². The molecule has 2 aromatic carbocycles. The van der Waals surface area contributed by atoms with E-state index in [1.54, 1.807) is 6.07 Å². The Balaban J connectivity index is 1.06. The molecule has 0 atom stereocenters. The number of hydrogen-bond donors (Lipinski definition) is 0.